The van der Waals surface area contributed by atoms with Gasteiger partial charge in [0.05, 0.1) is 7.11 Å². The van der Waals surface area contributed by atoms with E-state index in [9.17, 15) is 4.79 Å². The third-order valence-corrected chi connectivity index (χ3v) is 4.51. The van der Waals surface area contributed by atoms with Gasteiger partial charge in [0.2, 0.25) is 5.88 Å². The van der Waals surface area contributed by atoms with Crippen LogP contribution in [-0.4, -0.2) is 54.1 Å². The number of rotatable bonds is 4. The SMILES string of the molecule is CCc1ccc(C(=O)N2CCN(c3cc(OC)nc(C)n3)CC2)cc1. The highest BCUT2D eigenvalue weighted by Gasteiger charge is 2.23. The molecule has 1 fully saturated rings. The Morgan fingerprint density at radius 3 is 2.40 bits per heavy atom. The fourth-order valence-electron chi connectivity index (χ4n) is 3.00. The number of ether oxygens (including phenoxy) is 1. The fraction of sp³-hybridized carbons (Fsp3) is 0.421. The summed E-state index contributed by atoms with van der Waals surface area (Å²) in [5, 5.41) is 0. The summed E-state index contributed by atoms with van der Waals surface area (Å²) in [6, 6.07) is 9.74. The molecule has 132 valence electrons. The molecule has 0 spiro atoms. The van der Waals surface area contributed by atoms with Crippen molar-refractivity contribution < 1.29 is 9.53 Å². The molecule has 25 heavy (non-hydrogen) atoms. The van der Waals surface area contributed by atoms with Gasteiger partial charge in [-0.2, -0.15) is 4.98 Å². The van der Waals surface area contributed by atoms with E-state index in [0.29, 0.717) is 24.8 Å². The first kappa shape index (κ1) is 17.2. The van der Waals surface area contributed by atoms with Crippen molar-refractivity contribution in [3.05, 3.63) is 47.3 Å². The largest absolute Gasteiger partial charge is 0.481 e. The van der Waals surface area contributed by atoms with Gasteiger partial charge in [0, 0.05) is 37.8 Å². The normalized spacial score (nSPS) is 14.5. The molecule has 1 amide bonds. The lowest BCUT2D eigenvalue weighted by Gasteiger charge is -2.35. The molecule has 2 aromatic rings. The molecule has 0 radical (unpaired) electrons. The summed E-state index contributed by atoms with van der Waals surface area (Å²) in [4.78, 5) is 25.4. The second kappa shape index (κ2) is 7.51. The van der Waals surface area contributed by atoms with E-state index < -0.39 is 0 Å². The highest BCUT2D eigenvalue weighted by Crippen LogP contribution is 2.19. The van der Waals surface area contributed by atoms with Gasteiger partial charge in [-0.25, -0.2) is 4.98 Å². The molecule has 6 nitrogen and oxygen atoms in total. The van der Waals surface area contributed by atoms with E-state index in [1.54, 1.807) is 7.11 Å². The summed E-state index contributed by atoms with van der Waals surface area (Å²) in [5.41, 5.74) is 2.00. The summed E-state index contributed by atoms with van der Waals surface area (Å²) < 4.78 is 5.22. The molecular weight excluding hydrogens is 316 g/mol. The molecule has 1 aliphatic heterocycles. The molecule has 0 atom stereocenters. The van der Waals surface area contributed by atoms with E-state index in [-0.39, 0.29) is 5.91 Å². The monoisotopic (exact) mass is 340 g/mol. The lowest BCUT2D eigenvalue weighted by atomic mass is 10.1. The standard InChI is InChI=1S/C19H24N4O2/c1-4-15-5-7-16(8-6-15)19(24)23-11-9-22(10-12-23)17-13-18(25-3)21-14(2)20-17/h5-8,13H,4,9-12H2,1-3H3. The highest BCUT2D eigenvalue weighted by atomic mass is 16.5. The fourth-order valence-corrected chi connectivity index (χ4v) is 3.00. The van der Waals surface area contributed by atoms with Crippen LogP contribution in [0.4, 0.5) is 5.82 Å². The van der Waals surface area contributed by atoms with E-state index in [2.05, 4.69) is 21.8 Å². The van der Waals surface area contributed by atoms with Gasteiger partial charge in [0.25, 0.3) is 5.91 Å². The van der Waals surface area contributed by atoms with E-state index in [0.717, 1.165) is 30.9 Å². The Hall–Kier alpha value is -2.63. The van der Waals surface area contributed by atoms with Gasteiger partial charge < -0.3 is 14.5 Å². The van der Waals surface area contributed by atoms with Gasteiger partial charge in [-0.3, -0.25) is 4.79 Å². The molecule has 1 aromatic heterocycles. The zero-order chi connectivity index (χ0) is 17.8. The summed E-state index contributed by atoms with van der Waals surface area (Å²) in [7, 11) is 1.60. The van der Waals surface area contributed by atoms with E-state index in [4.69, 9.17) is 4.74 Å². The van der Waals surface area contributed by atoms with Gasteiger partial charge in [0.1, 0.15) is 11.6 Å². The average Bonchev–Trinajstić information content (AvgIpc) is 2.67. The van der Waals surface area contributed by atoms with Crippen molar-refractivity contribution in [1.29, 1.82) is 0 Å². The molecule has 0 N–H and O–H groups in total. The van der Waals surface area contributed by atoms with Crippen LogP contribution in [0.2, 0.25) is 0 Å². The van der Waals surface area contributed by atoms with Crippen LogP contribution < -0.4 is 9.64 Å². The van der Waals surface area contributed by atoms with Crippen molar-refractivity contribution in [2.45, 2.75) is 20.3 Å². The molecule has 2 heterocycles. The minimum Gasteiger partial charge on any atom is -0.481 e. The Labute approximate surface area is 148 Å². The number of aryl methyl sites for hydroxylation is 2. The van der Waals surface area contributed by atoms with Crippen molar-refractivity contribution >= 4 is 11.7 Å². The molecule has 0 bridgehead atoms. The highest BCUT2D eigenvalue weighted by molar-refractivity contribution is 5.94. The molecule has 3 rings (SSSR count). The van der Waals surface area contributed by atoms with Crippen molar-refractivity contribution in [3.8, 4) is 5.88 Å². The summed E-state index contributed by atoms with van der Waals surface area (Å²) in [6.07, 6.45) is 0.981. The zero-order valence-electron chi connectivity index (χ0n) is 15.0. The van der Waals surface area contributed by atoms with Gasteiger partial charge >= 0.3 is 0 Å². The Bertz CT molecular complexity index is 738. The number of hydrogen-bond donors (Lipinski definition) is 0. The van der Waals surface area contributed by atoms with E-state index in [1.165, 1.54) is 5.56 Å². The van der Waals surface area contributed by atoms with Crippen LogP contribution in [0.3, 0.4) is 0 Å². The average molecular weight is 340 g/mol. The van der Waals surface area contributed by atoms with E-state index >= 15 is 0 Å². The molecule has 0 unspecified atom stereocenters. The van der Waals surface area contributed by atoms with Crippen LogP contribution in [0.1, 0.15) is 28.7 Å². The quantitative estimate of drug-likeness (QED) is 0.855. The lowest BCUT2D eigenvalue weighted by molar-refractivity contribution is 0.0746. The number of methoxy groups -OCH3 is 1. The Morgan fingerprint density at radius 1 is 1.12 bits per heavy atom. The first-order valence-electron chi connectivity index (χ1n) is 8.63. The maximum absolute atomic E-state index is 12.7. The van der Waals surface area contributed by atoms with Crippen molar-refractivity contribution in [3.63, 3.8) is 0 Å². The van der Waals surface area contributed by atoms with Gasteiger partial charge in [0.15, 0.2) is 0 Å². The summed E-state index contributed by atoms with van der Waals surface area (Å²) in [5.74, 6) is 2.20. The zero-order valence-corrected chi connectivity index (χ0v) is 15.0. The Kier molecular flexibility index (Phi) is 5.16. The molecule has 0 saturated carbocycles. The second-order valence-corrected chi connectivity index (χ2v) is 6.15. The van der Waals surface area contributed by atoms with Crippen LogP contribution in [0.5, 0.6) is 5.88 Å². The molecular formula is C19H24N4O2. The van der Waals surface area contributed by atoms with Crippen LogP contribution >= 0.6 is 0 Å². The van der Waals surface area contributed by atoms with Gasteiger partial charge in [-0.1, -0.05) is 19.1 Å². The number of anilines is 1. The topological polar surface area (TPSA) is 58.6 Å². The Balaban J connectivity index is 1.65. The van der Waals surface area contributed by atoms with Crippen molar-refractivity contribution in [1.82, 2.24) is 14.9 Å². The summed E-state index contributed by atoms with van der Waals surface area (Å²) >= 11 is 0. The third-order valence-electron chi connectivity index (χ3n) is 4.51. The molecule has 1 aromatic carbocycles. The number of carbonyl (C=O) groups is 1. The van der Waals surface area contributed by atoms with Gasteiger partial charge in [-0.15, -0.1) is 0 Å². The number of hydrogen-bond acceptors (Lipinski definition) is 5. The van der Waals surface area contributed by atoms with Crippen molar-refractivity contribution in [2.75, 3.05) is 38.2 Å². The molecule has 1 aliphatic rings. The minimum atomic E-state index is 0.0961. The van der Waals surface area contributed by atoms with Crippen LogP contribution in [0.15, 0.2) is 30.3 Å². The van der Waals surface area contributed by atoms with Crippen molar-refractivity contribution in [2.24, 2.45) is 0 Å². The number of amides is 1. The van der Waals surface area contributed by atoms with Crippen LogP contribution in [0, 0.1) is 6.92 Å². The number of aromatic nitrogens is 2. The molecule has 0 aliphatic carbocycles. The predicted octanol–water partition coefficient (Wildman–Crippen LogP) is 2.32. The van der Waals surface area contributed by atoms with E-state index in [1.807, 2.05) is 42.2 Å². The minimum absolute atomic E-state index is 0.0961. The third kappa shape index (κ3) is 3.90. The van der Waals surface area contributed by atoms with Gasteiger partial charge in [-0.05, 0) is 31.0 Å². The molecule has 1 saturated heterocycles. The van der Waals surface area contributed by atoms with Crippen LogP contribution in [0.25, 0.3) is 0 Å². The number of nitrogens with zero attached hydrogens (tertiary/aromatic N) is 4. The second-order valence-electron chi connectivity index (χ2n) is 6.15. The number of carbonyl (C=O) groups excluding carboxylic acids is 1. The lowest BCUT2D eigenvalue weighted by Crippen LogP contribution is -2.49. The molecule has 6 heteroatoms. The van der Waals surface area contributed by atoms with Crippen LogP contribution in [-0.2, 0) is 6.42 Å². The number of benzene rings is 1. The maximum atomic E-state index is 12.7. The maximum Gasteiger partial charge on any atom is 0.253 e. The number of piperazine rings is 1. The summed E-state index contributed by atoms with van der Waals surface area (Å²) in [6.45, 7) is 6.82. The Morgan fingerprint density at radius 2 is 1.80 bits per heavy atom. The smallest absolute Gasteiger partial charge is 0.253 e. The first-order chi connectivity index (χ1) is 12.1. The first-order valence-corrected chi connectivity index (χ1v) is 8.63. The predicted molar refractivity (Wildman–Crippen MR) is 97.3 cm³/mol.